The maximum atomic E-state index is 12.0. The van der Waals surface area contributed by atoms with Gasteiger partial charge < -0.3 is 9.47 Å². The summed E-state index contributed by atoms with van der Waals surface area (Å²) in [7, 11) is 1.50. The summed E-state index contributed by atoms with van der Waals surface area (Å²) in [5, 5.41) is 10.5. The molecule has 5 heteroatoms. The van der Waals surface area contributed by atoms with E-state index in [1.165, 1.54) is 7.11 Å². The van der Waals surface area contributed by atoms with Crippen molar-refractivity contribution in [2.75, 3.05) is 7.11 Å². The normalized spacial score (nSPS) is 9.60. The molecular formula is C15H11NO3S. The molecule has 0 saturated heterocycles. The van der Waals surface area contributed by atoms with Crippen LogP contribution < -0.4 is 9.47 Å². The molecule has 4 nitrogen and oxygen atoms in total. The maximum absolute atomic E-state index is 12.0. The number of methoxy groups -OCH3 is 1. The quantitative estimate of drug-likeness (QED) is 0.372. The van der Waals surface area contributed by atoms with Crippen LogP contribution in [-0.2, 0) is 0 Å². The first-order valence-corrected chi connectivity index (χ1v) is 6.57. The van der Waals surface area contributed by atoms with Crippen LogP contribution in [0.2, 0.25) is 0 Å². The molecule has 0 radical (unpaired) electrons. The Kier molecular flexibility index (Phi) is 4.64. The molecule has 0 aliphatic carbocycles. The van der Waals surface area contributed by atoms with E-state index < -0.39 is 5.97 Å². The van der Waals surface area contributed by atoms with E-state index in [0.717, 1.165) is 16.7 Å². The fraction of sp³-hybridized carbons (Fsp3) is 0.0667. The van der Waals surface area contributed by atoms with Crippen molar-refractivity contribution in [1.82, 2.24) is 0 Å². The standard InChI is InChI=1S/C15H11NO3S/c1-18-14-5-3-2-4-13(14)15(17)19-11-6-8-12(9-7-11)20-10-16/h2-9H,1H3. The number of carbonyl (C=O) groups is 1. The number of hydrogen-bond acceptors (Lipinski definition) is 5. The van der Waals surface area contributed by atoms with Crippen molar-refractivity contribution in [3.05, 3.63) is 54.1 Å². The number of thioether (sulfide) groups is 1. The summed E-state index contributed by atoms with van der Waals surface area (Å²) in [6, 6.07) is 13.6. The monoisotopic (exact) mass is 285 g/mol. The molecule has 2 aromatic rings. The second kappa shape index (κ2) is 6.64. The van der Waals surface area contributed by atoms with Crippen LogP contribution in [0, 0.1) is 10.7 Å². The molecule has 0 fully saturated rings. The Bertz CT molecular complexity index is 647. The Hall–Kier alpha value is -2.45. The predicted octanol–water partition coefficient (Wildman–Crippen LogP) is 3.49. The fourth-order valence-corrected chi connectivity index (χ4v) is 1.98. The number of esters is 1. The van der Waals surface area contributed by atoms with Crippen molar-refractivity contribution < 1.29 is 14.3 Å². The van der Waals surface area contributed by atoms with E-state index in [1.54, 1.807) is 48.5 Å². The molecule has 20 heavy (non-hydrogen) atoms. The van der Waals surface area contributed by atoms with Crippen LogP contribution >= 0.6 is 11.8 Å². The van der Waals surface area contributed by atoms with E-state index in [0.29, 0.717) is 17.1 Å². The summed E-state index contributed by atoms with van der Waals surface area (Å²) in [4.78, 5) is 12.8. The predicted molar refractivity (Wildman–Crippen MR) is 75.9 cm³/mol. The number of thiocyanates is 1. The third-order valence-electron chi connectivity index (χ3n) is 2.52. The lowest BCUT2D eigenvalue weighted by molar-refractivity contribution is 0.0731. The second-order valence-electron chi connectivity index (χ2n) is 3.75. The first-order valence-electron chi connectivity index (χ1n) is 5.76. The van der Waals surface area contributed by atoms with Crippen LogP contribution in [0.1, 0.15) is 10.4 Å². The zero-order valence-corrected chi connectivity index (χ0v) is 11.5. The van der Waals surface area contributed by atoms with Gasteiger partial charge in [-0.1, -0.05) is 12.1 Å². The Labute approximate surface area is 120 Å². The van der Waals surface area contributed by atoms with Crippen LogP contribution in [0.3, 0.4) is 0 Å². The number of hydrogen-bond donors (Lipinski definition) is 0. The highest BCUT2D eigenvalue weighted by molar-refractivity contribution is 8.03. The topological polar surface area (TPSA) is 59.3 Å². The van der Waals surface area contributed by atoms with Gasteiger partial charge in [-0.2, -0.15) is 5.26 Å². The van der Waals surface area contributed by atoms with Gasteiger partial charge in [0.15, 0.2) is 0 Å². The van der Waals surface area contributed by atoms with Crippen molar-refractivity contribution in [2.45, 2.75) is 4.90 Å². The fourth-order valence-electron chi connectivity index (χ4n) is 1.60. The molecular weight excluding hydrogens is 274 g/mol. The zero-order chi connectivity index (χ0) is 14.4. The number of rotatable bonds is 4. The molecule has 0 spiro atoms. The number of nitrogens with zero attached hydrogens (tertiary/aromatic N) is 1. The van der Waals surface area contributed by atoms with Gasteiger partial charge >= 0.3 is 5.97 Å². The molecule has 0 heterocycles. The Balaban J connectivity index is 2.13. The van der Waals surface area contributed by atoms with E-state index in [2.05, 4.69) is 0 Å². The molecule has 0 bridgehead atoms. The van der Waals surface area contributed by atoms with Crippen LogP contribution in [0.5, 0.6) is 11.5 Å². The van der Waals surface area contributed by atoms with E-state index in [1.807, 2.05) is 5.40 Å². The maximum Gasteiger partial charge on any atom is 0.347 e. The van der Waals surface area contributed by atoms with Gasteiger partial charge in [-0.15, -0.1) is 0 Å². The van der Waals surface area contributed by atoms with Crippen molar-refractivity contribution >= 4 is 17.7 Å². The average Bonchev–Trinajstić information content (AvgIpc) is 2.49. The van der Waals surface area contributed by atoms with Gasteiger partial charge in [0.05, 0.1) is 7.11 Å². The average molecular weight is 285 g/mol. The van der Waals surface area contributed by atoms with E-state index in [-0.39, 0.29) is 0 Å². The smallest absolute Gasteiger partial charge is 0.347 e. The van der Waals surface area contributed by atoms with Gasteiger partial charge in [0.1, 0.15) is 22.5 Å². The van der Waals surface area contributed by atoms with Crippen molar-refractivity contribution in [3.63, 3.8) is 0 Å². The summed E-state index contributed by atoms with van der Waals surface area (Å²) in [5.74, 6) is 0.403. The summed E-state index contributed by atoms with van der Waals surface area (Å²) >= 11 is 1.05. The molecule has 2 rings (SSSR count). The molecule has 0 saturated carbocycles. The first kappa shape index (κ1) is 14.0. The lowest BCUT2D eigenvalue weighted by Gasteiger charge is -2.08. The number of benzene rings is 2. The molecule has 2 aromatic carbocycles. The highest BCUT2D eigenvalue weighted by atomic mass is 32.2. The third-order valence-corrected chi connectivity index (χ3v) is 3.12. The third kappa shape index (κ3) is 3.31. The first-order chi connectivity index (χ1) is 9.74. The Morgan fingerprint density at radius 3 is 2.50 bits per heavy atom. The van der Waals surface area contributed by atoms with Gasteiger partial charge in [0.25, 0.3) is 0 Å². The van der Waals surface area contributed by atoms with Crippen LogP contribution in [0.4, 0.5) is 0 Å². The van der Waals surface area contributed by atoms with E-state index in [9.17, 15) is 4.79 Å². The van der Waals surface area contributed by atoms with Gasteiger partial charge in [0, 0.05) is 4.90 Å². The van der Waals surface area contributed by atoms with Gasteiger partial charge in [-0.05, 0) is 48.2 Å². The van der Waals surface area contributed by atoms with Crippen LogP contribution in [0.15, 0.2) is 53.4 Å². The molecule has 0 N–H and O–H groups in total. The largest absolute Gasteiger partial charge is 0.496 e. The minimum atomic E-state index is -0.483. The van der Waals surface area contributed by atoms with Crippen LogP contribution in [0.25, 0.3) is 0 Å². The van der Waals surface area contributed by atoms with Gasteiger partial charge in [-0.3, -0.25) is 0 Å². The molecule has 0 aromatic heterocycles. The molecule has 0 unspecified atom stereocenters. The highest BCUT2D eigenvalue weighted by Crippen LogP contribution is 2.23. The van der Waals surface area contributed by atoms with Gasteiger partial charge in [0.2, 0.25) is 0 Å². The minimum Gasteiger partial charge on any atom is -0.496 e. The number of ether oxygens (including phenoxy) is 2. The summed E-state index contributed by atoms with van der Waals surface area (Å²) in [6.07, 6.45) is 0. The SMILES string of the molecule is COc1ccccc1C(=O)Oc1ccc(SC#N)cc1. The van der Waals surface area contributed by atoms with Crippen molar-refractivity contribution in [1.29, 1.82) is 5.26 Å². The number of para-hydroxylation sites is 1. The lowest BCUT2D eigenvalue weighted by Crippen LogP contribution is -2.09. The van der Waals surface area contributed by atoms with Crippen molar-refractivity contribution in [3.8, 4) is 16.9 Å². The second-order valence-corrected chi connectivity index (χ2v) is 4.61. The summed E-state index contributed by atoms with van der Waals surface area (Å²) in [6.45, 7) is 0. The highest BCUT2D eigenvalue weighted by Gasteiger charge is 2.13. The lowest BCUT2D eigenvalue weighted by atomic mass is 10.2. The molecule has 0 amide bonds. The molecule has 0 atom stereocenters. The zero-order valence-electron chi connectivity index (χ0n) is 10.7. The molecule has 0 aliphatic rings. The van der Waals surface area contributed by atoms with E-state index >= 15 is 0 Å². The number of carbonyl (C=O) groups excluding carboxylic acids is 1. The van der Waals surface area contributed by atoms with E-state index in [4.69, 9.17) is 14.7 Å². The summed E-state index contributed by atoms with van der Waals surface area (Å²) in [5.41, 5.74) is 0.366. The Morgan fingerprint density at radius 2 is 1.85 bits per heavy atom. The van der Waals surface area contributed by atoms with Gasteiger partial charge in [-0.25, -0.2) is 4.79 Å². The number of nitriles is 1. The van der Waals surface area contributed by atoms with Crippen molar-refractivity contribution in [2.24, 2.45) is 0 Å². The minimum absolute atomic E-state index is 0.366. The molecule has 0 aliphatic heterocycles. The summed E-state index contributed by atoms with van der Waals surface area (Å²) < 4.78 is 10.4. The Morgan fingerprint density at radius 1 is 1.15 bits per heavy atom. The molecule has 100 valence electrons. The van der Waals surface area contributed by atoms with Crippen LogP contribution in [-0.4, -0.2) is 13.1 Å².